The van der Waals surface area contributed by atoms with Crippen LogP contribution in [0.15, 0.2) is 79.4 Å². The molecule has 3 heterocycles. The Bertz CT molecular complexity index is 922. The third-order valence-electron chi connectivity index (χ3n) is 3.84. The van der Waals surface area contributed by atoms with Crippen molar-refractivity contribution in [1.29, 1.82) is 0 Å². The van der Waals surface area contributed by atoms with Crippen molar-refractivity contribution < 1.29 is 4.57 Å². The fourth-order valence-electron chi connectivity index (χ4n) is 2.60. The molecule has 0 saturated heterocycles. The maximum absolute atomic E-state index is 4.74. The molecule has 3 aromatic heterocycles. The number of hydrogen-bond acceptors (Lipinski definition) is 1. The van der Waals surface area contributed by atoms with Gasteiger partial charge in [-0.05, 0) is 23.3 Å². The molecule has 106 valence electrons. The molecule has 0 N–H and O–H groups in total. The number of benzene rings is 1. The minimum absolute atomic E-state index is 0.963. The fourth-order valence-corrected chi connectivity index (χ4v) is 2.60. The monoisotopic (exact) mass is 286 g/mol. The van der Waals surface area contributed by atoms with Crippen LogP contribution in [0.5, 0.6) is 0 Å². The third kappa shape index (κ3) is 2.27. The zero-order chi connectivity index (χ0) is 14.9. The molecule has 0 bridgehead atoms. The molecule has 3 nitrogen and oxygen atoms in total. The van der Waals surface area contributed by atoms with Gasteiger partial charge in [0.1, 0.15) is 12.7 Å². The van der Waals surface area contributed by atoms with Crippen LogP contribution in [0.1, 0.15) is 0 Å². The Kier molecular flexibility index (Phi) is 2.97. The molecule has 0 atom stereocenters. The zero-order valence-corrected chi connectivity index (χ0v) is 12.3. The van der Waals surface area contributed by atoms with Crippen LogP contribution in [0.4, 0.5) is 0 Å². The summed E-state index contributed by atoms with van der Waals surface area (Å²) in [5.74, 6) is 0. The number of rotatable bonds is 2. The molecule has 4 aromatic rings. The van der Waals surface area contributed by atoms with E-state index in [1.165, 1.54) is 11.1 Å². The highest BCUT2D eigenvalue weighted by Crippen LogP contribution is 2.23. The topological polar surface area (TPSA) is 21.2 Å². The Morgan fingerprint density at radius 1 is 0.864 bits per heavy atom. The minimum Gasteiger partial charge on any atom is -0.306 e. The van der Waals surface area contributed by atoms with Gasteiger partial charge in [-0.1, -0.05) is 30.3 Å². The summed E-state index contributed by atoms with van der Waals surface area (Å²) < 4.78 is 4.10. The maximum atomic E-state index is 4.74. The number of aryl methyl sites for hydroxylation is 1. The van der Waals surface area contributed by atoms with Gasteiger partial charge in [0.15, 0.2) is 12.4 Å². The summed E-state index contributed by atoms with van der Waals surface area (Å²) in [5, 5.41) is 0. The highest BCUT2D eigenvalue weighted by molar-refractivity contribution is 5.69. The van der Waals surface area contributed by atoms with Gasteiger partial charge in [-0.2, -0.15) is 0 Å². The second-order valence-electron chi connectivity index (χ2n) is 5.43. The summed E-state index contributed by atoms with van der Waals surface area (Å²) in [6.07, 6.45) is 8.25. The average Bonchev–Trinajstić information content (AvgIpc) is 2.99. The van der Waals surface area contributed by atoms with Crippen molar-refractivity contribution in [2.45, 2.75) is 0 Å². The summed E-state index contributed by atoms with van der Waals surface area (Å²) in [6.45, 7) is 0. The highest BCUT2D eigenvalue weighted by Gasteiger charge is 2.06. The largest absolute Gasteiger partial charge is 0.306 e. The predicted molar refractivity (Wildman–Crippen MR) is 87.2 cm³/mol. The van der Waals surface area contributed by atoms with Gasteiger partial charge in [-0.15, -0.1) is 0 Å². The van der Waals surface area contributed by atoms with Crippen LogP contribution in [-0.4, -0.2) is 9.38 Å². The van der Waals surface area contributed by atoms with Crippen molar-refractivity contribution in [3.05, 3.63) is 79.4 Å². The highest BCUT2D eigenvalue weighted by atomic mass is 15.0. The van der Waals surface area contributed by atoms with E-state index in [2.05, 4.69) is 65.6 Å². The van der Waals surface area contributed by atoms with E-state index in [4.69, 9.17) is 4.98 Å². The lowest BCUT2D eigenvalue weighted by atomic mass is 10.1. The Labute approximate surface area is 129 Å². The van der Waals surface area contributed by atoms with E-state index in [0.717, 1.165) is 16.9 Å². The molecule has 0 aliphatic heterocycles. The van der Waals surface area contributed by atoms with Gasteiger partial charge in [0.2, 0.25) is 0 Å². The van der Waals surface area contributed by atoms with Gasteiger partial charge in [-0.25, -0.2) is 9.55 Å². The normalized spacial score (nSPS) is 11.0. The van der Waals surface area contributed by atoms with Crippen molar-refractivity contribution in [2.24, 2.45) is 7.05 Å². The summed E-state index contributed by atoms with van der Waals surface area (Å²) in [5.41, 5.74) is 5.48. The molecule has 0 radical (unpaired) electrons. The molecule has 0 amide bonds. The van der Waals surface area contributed by atoms with E-state index in [-0.39, 0.29) is 0 Å². The van der Waals surface area contributed by atoms with Gasteiger partial charge in [0.25, 0.3) is 0 Å². The molecular weight excluding hydrogens is 270 g/mol. The van der Waals surface area contributed by atoms with Crippen molar-refractivity contribution in [2.75, 3.05) is 0 Å². The van der Waals surface area contributed by atoms with Crippen LogP contribution < -0.4 is 4.57 Å². The first-order valence-electron chi connectivity index (χ1n) is 7.29. The molecule has 0 unspecified atom stereocenters. The van der Waals surface area contributed by atoms with Crippen LogP contribution in [0.3, 0.4) is 0 Å². The third-order valence-corrected chi connectivity index (χ3v) is 3.84. The van der Waals surface area contributed by atoms with E-state index >= 15 is 0 Å². The van der Waals surface area contributed by atoms with Gasteiger partial charge in [0.05, 0.1) is 5.69 Å². The molecule has 0 spiro atoms. The quantitative estimate of drug-likeness (QED) is 0.517. The van der Waals surface area contributed by atoms with Crippen LogP contribution in [0.25, 0.3) is 28.0 Å². The van der Waals surface area contributed by atoms with Crippen molar-refractivity contribution in [1.82, 2.24) is 9.38 Å². The first-order valence-corrected chi connectivity index (χ1v) is 7.29. The van der Waals surface area contributed by atoms with E-state index in [1.54, 1.807) is 0 Å². The Morgan fingerprint density at radius 3 is 2.41 bits per heavy atom. The number of nitrogens with zero attached hydrogens (tertiary/aromatic N) is 3. The lowest BCUT2D eigenvalue weighted by molar-refractivity contribution is -0.671. The lowest BCUT2D eigenvalue weighted by Gasteiger charge is -2.00. The lowest BCUT2D eigenvalue weighted by Crippen LogP contribution is -2.25. The summed E-state index contributed by atoms with van der Waals surface area (Å²) in [6, 6.07) is 18.7. The van der Waals surface area contributed by atoms with E-state index in [1.807, 2.05) is 29.8 Å². The second kappa shape index (κ2) is 5.11. The molecular formula is C19H16N3+. The molecule has 0 aliphatic rings. The molecule has 0 saturated carbocycles. The molecule has 0 fully saturated rings. The number of hydrogen-bond donors (Lipinski definition) is 0. The van der Waals surface area contributed by atoms with Crippen LogP contribution in [0, 0.1) is 0 Å². The molecule has 22 heavy (non-hydrogen) atoms. The average molecular weight is 286 g/mol. The van der Waals surface area contributed by atoms with Gasteiger partial charge < -0.3 is 4.40 Å². The fraction of sp³-hybridized carbons (Fsp3) is 0.0526. The summed E-state index contributed by atoms with van der Waals surface area (Å²) in [4.78, 5) is 4.74. The predicted octanol–water partition coefficient (Wildman–Crippen LogP) is 3.49. The van der Waals surface area contributed by atoms with Gasteiger partial charge in [0, 0.05) is 30.1 Å². The SMILES string of the molecule is C[n+]1ccc(-c2ccn3cc(-c4ccccc4)nc3c2)cc1. The molecule has 1 aromatic carbocycles. The zero-order valence-electron chi connectivity index (χ0n) is 12.3. The Balaban J connectivity index is 1.80. The van der Waals surface area contributed by atoms with Crippen LogP contribution in [-0.2, 0) is 7.05 Å². The number of pyridine rings is 2. The van der Waals surface area contributed by atoms with Crippen molar-refractivity contribution >= 4 is 5.65 Å². The van der Waals surface area contributed by atoms with E-state index in [0.29, 0.717) is 0 Å². The van der Waals surface area contributed by atoms with Crippen molar-refractivity contribution in [3.63, 3.8) is 0 Å². The number of fused-ring (bicyclic) bond motifs is 1. The number of aromatic nitrogens is 3. The number of imidazole rings is 1. The maximum Gasteiger partial charge on any atom is 0.169 e. The van der Waals surface area contributed by atoms with Gasteiger partial charge in [-0.3, -0.25) is 0 Å². The van der Waals surface area contributed by atoms with Crippen LogP contribution in [0.2, 0.25) is 0 Å². The van der Waals surface area contributed by atoms with Gasteiger partial charge >= 0.3 is 0 Å². The van der Waals surface area contributed by atoms with Crippen LogP contribution >= 0.6 is 0 Å². The van der Waals surface area contributed by atoms with Crippen molar-refractivity contribution in [3.8, 4) is 22.4 Å². The molecule has 3 heteroatoms. The Hall–Kier alpha value is -2.94. The summed E-state index contributed by atoms with van der Waals surface area (Å²) in [7, 11) is 2.02. The first-order chi connectivity index (χ1) is 10.8. The minimum atomic E-state index is 0.963. The standard InChI is InChI=1S/C19H16N3/c1-21-10-7-15(8-11-21)17-9-12-22-14-18(20-19(22)13-17)16-5-3-2-4-6-16/h2-14H,1H3/q+1. The second-order valence-corrected chi connectivity index (χ2v) is 5.43. The van der Waals surface area contributed by atoms with E-state index in [9.17, 15) is 0 Å². The first kappa shape index (κ1) is 12.8. The Morgan fingerprint density at radius 2 is 1.64 bits per heavy atom. The molecule has 4 rings (SSSR count). The smallest absolute Gasteiger partial charge is 0.169 e. The van der Waals surface area contributed by atoms with E-state index < -0.39 is 0 Å². The molecule has 0 aliphatic carbocycles. The summed E-state index contributed by atoms with van der Waals surface area (Å²) >= 11 is 0.